The molecule has 1 aromatic carbocycles. The molecular formula is C12H15N3. The first-order valence-corrected chi connectivity index (χ1v) is 4.97. The molecule has 0 fully saturated rings. The van der Waals surface area contributed by atoms with Crippen molar-refractivity contribution in [1.82, 2.24) is 10.2 Å². The van der Waals surface area contributed by atoms with Crippen LogP contribution >= 0.6 is 0 Å². The zero-order valence-electron chi connectivity index (χ0n) is 9.26. The molecule has 0 unspecified atom stereocenters. The second kappa shape index (κ2) is 3.42. The Labute approximate surface area is 89.3 Å². The zero-order valence-corrected chi connectivity index (χ0v) is 9.26. The predicted molar refractivity (Wildman–Crippen MR) is 62.6 cm³/mol. The maximum Gasteiger partial charge on any atom is 0.148 e. The van der Waals surface area contributed by atoms with E-state index < -0.39 is 0 Å². The fourth-order valence-electron chi connectivity index (χ4n) is 1.68. The number of nitrogens with one attached hydrogen (secondary N) is 1. The SMILES string of the molecule is Cc1ccc(C)c(-c2[nH]nc(N)c2C)c1. The number of hydrogen-bond donors (Lipinski definition) is 2. The molecule has 0 radical (unpaired) electrons. The molecule has 0 bridgehead atoms. The number of aryl methyl sites for hydroxylation is 2. The molecule has 3 nitrogen and oxygen atoms in total. The number of hydrogen-bond acceptors (Lipinski definition) is 2. The van der Waals surface area contributed by atoms with Crippen LogP contribution in [-0.2, 0) is 0 Å². The molecule has 0 aliphatic carbocycles. The van der Waals surface area contributed by atoms with E-state index in [1.165, 1.54) is 16.7 Å². The van der Waals surface area contributed by atoms with E-state index >= 15 is 0 Å². The molecule has 0 spiro atoms. The Bertz CT molecular complexity index is 498. The van der Waals surface area contributed by atoms with Gasteiger partial charge in [0.2, 0.25) is 0 Å². The normalized spacial score (nSPS) is 10.6. The number of nitrogens with zero attached hydrogens (tertiary/aromatic N) is 1. The Morgan fingerprint density at radius 3 is 2.53 bits per heavy atom. The van der Waals surface area contributed by atoms with Gasteiger partial charge in [-0.1, -0.05) is 17.7 Å². The summed E-state index contributed by atoms with van der Waals surface area (Å²) in [7, 11) is 0. The Hall–Kier alpha value is -1.77. The molecule has 15 heavy (non-hydrogen) atoms. The van der Waals surface area contributed by atoms with Crippen LogP contribution in [0.4, 0.5) is 5.82 Å². The average molecular weight is 201 g/mol. The standard InChI is InChI=1S/C12H15N3/c1-7-4-5-8(2)10(6-7)11-9(3)12(13)15-14-11/h4-6H,1-3H3,(H3,13,14,15). The third-order valence-corrected chi connectivity index (χ3v) is 2.71. The fraction of sp³-hybridized carbons (Fsp3) is 0.250. The molecule has 3 N–H and O–H groups in total. The molecule has 0 atom stereocenters. The molecule has 78 valence electrons. The van der Waals surface area contributed by atoms with E-state index in [1.807, 2.05) is 6.92 Å². The number of aromatic nitrogens is 2. The van der Waals surface area contributed by atoms with Gasteiger partial charge in [-0.05, 0) is 32.4 Å². The third-order valence-electron chi connectivity index (χ3n) is 2.71. The van der Waals surface area contributed by atoms with Gasteiger partial charge in [-0.25, -0.2) is 0 Å². The fourth-order valence-corrected chi connectivity index (χ4v) is 1.68. The minimum absolute atomic E-state index is 0.575. The second-order valence-corrected chi connectivity index (χ2v) is 3.93. The number of rotatable bonds is 1. The van der Waals surface area contributed by atoms with Crippen molar-refractivity contribution in [2.75, 3.05) is 5.73 Å². The average Bonchev–Trinajstić information content (AvgIpc) is 2.52. The molecule has 0 saturated heterocycles. The maximum atomic E-state index is 5.72. The molecule has 0 amide bonds. The van der Waals surface area contributed by atoms with E-state index in [2.05, 4.69) is 42.2 Å². The van der Waals surface area contributed by atoms with Crippen LogP contribution in [0.25, 0.3) is 11.3 Å². The van der Waals surface area contributed by atoms with Crippen LogP contribution in [-0.4, -0.2) is 10.2 Å². The van der Waals surface area contributed by atoms with Crippen molar-refractivity contribution in [1.29, 1.82) is 0 Å². The number of aromatic amines is 1. The number of benzene rings is 1. The molecule has 1 heterocycles. The van der Waals surface area contributed by atoms with Gasteiger partial charge >= 0.3 is 0 Å². The van der Waals surface area contributed by atoms with Gasteiger partial charge in [-0.2, -0.15) is 5.10 Å². The van der Waals surface area contributed by atoms with Crippen LogP contribution < -0.4 is 5.73 Å². The van der Waals surface area contributed by atoms with Crippen LogP contribution in [0.1, 0.15) is 16.7 Å². The molecule has 0 saturated carbocycles. The third kappa shape index (κ3) is 1.61. The first-order valence-electron chi connectivity index (χ1n) is 4.97. The van der Waals surface area contributed by atoms with Gasteiger partial charge in [0.1, 0.15) is 5.82 Å². The number of nitrogens with two attached hydrogens (primary N) is 1. The van der Waals surface area contributed by atoms with Crippen molar-refractivity contribution < 1.29 is 0 Å². The molecule has 3 heteroatoms. The Balaban J connectivity index is 2.63. The lowest BCUT2D eigenvalue weighted by Crippen LogP contribution is -1.88. The summed E-state index contributed by atoms with van der Waals surface area (Å²) < 4.78 is 0. The van der Waals surface area contributed by atoms with Gasteiger partial charge < -0.3 is 5.73 Å². The number of anilines is 1. The highest BCUT2D eigenvalue weighted by Crippen LogP contribution is 2.27. The van der Waals surface area contributed by atoms with Gasteiger partial charge in [0.25, 0.3) is 0 Å². The Morgan fingerprint density at radius 1 is 1.20 bits per heavy atom. The highest BCUT2D eigenvalue weighted by atomic mass is 15.2. The maximum absolute atomic E-state index is 5.72. The molecule has 2 rings (SSSR count). The number of nitrogen functional groups attached to an aromatic ring is 1. The minimum Gasteiger partial charge on any atom is -0.382 e. The van der Waals surface area contributed by atoms with E-state index in [-0.39, 0.29) is 0 Å². The molecule has 0 aliphatic heterocycles. The predicted octanol–water partition coefficient (Wildman–Crippen LogP) is 2.58. The highest BCUT2D eigenvalue weighted by molar-refractivity contribution is 5.70. The van der Waals surface area contributed by atoms with E-state index in [9.17, 15) is 0 Å². The Kier molecular flexibility index (Phi) is 2.23. The van der Waals surface area contributed by atoms with E-state index in [4.69, 9.17) is 5.73 Å². The first-order chi connectivity index (χ1) is 7.09. The van der Waals surface area contributed by atoms with Crippen LogP contribution in [0.15, 0.2) is 18.2 Å². The van der Waals surface area contributed by atoms with Gasteiger partial charge in [-0.15, -0.1) is 0 Å². The molecule has 2 aromatic rings. The van der Waals surface area contributed by atoms with Crippen molar-refractivity contribution in [3.05, 3.63) is 34.9 Å². The Morgan fingerprint density at radius 2 is 1.93 bits per heavy atom. The van der Waals surface area contributed by atoms with Gasteiger partial charge in [-0.3, -0.25) is 5.10 Å². The zero-order chi connectivity index (χ0) is 11.0. The summed E-state index contributed by atoms with van der Waals surface area (Å²) in [6, 6.07) is 6.37. The first kappa shape index (κ1) is 9.77. The summed E-state index contributed by atoms with van der Waals surface area (Å²) in [5, 5.41) is 7.00. The van der Waals surface area contributed by atoms with Crippen LogP contribution in [0, 0.1) is 20.8 Å². The van der Waals surface area contributed by atoms with Crippen molar-refractivity contribution in [3.63, 3.8) is 0 Å². The van der Waals surface area contributed by atoms with E-state index in [1.54, 1.807) is 0 Å². The topological polar surface area (TPSA) is 54.7 Å². The summed E-state index contributed by atoms with van der Waals surface area (Å²) in [5.74, 6) is 0.575. The number of H-pyrrole nitrogens is 1. The molecular weight excluding hydrogens is 186 g/mol. The smallest absolute Gasteiger partial charge is 0.148 e. The lowest BCUT2D eigenvalue weighted by atomic mass is 10.0. The largest absolute Gasteiger partial charge is 0.382 e. The van der Waals surface area contributed by atoms with Crippen molar-refractivity contribution in [3.8, 4) is 11.3 Å². The summed E-state index contributed by atoms with van der Waals surface area (Å²) in [5.41, 5.74) is 11.4. The summed E-state index contributed by atoms with van der Waals surface area (Å²) in [6.07, 6.45) is 0. The lowest BCUT2D eigenvalue weighted by Gasteiger charge is -2.05. The van der Waals surface area contributed by atoms with Crippen LogP contribution in [0.5, 0.6) is 0 Å². The lowest BCUT2D eigenvalue weighted by molar-refractivity contribution is 1.10. The van der Waals surface area contributed by atoms with Gasteiger partial charge in [0, 0.05) is 11.1 Å². The quantitative estimate of drug-likeness (QED) is 0.745. The van der Waals surface area contributed by atoms with Crippen LogP contribution in [0.2, 0.25) is 0 Å². The second-order valence-electron chi connectivity index (χ2n) is 3.93. The summed E-state index contributed by atoms with van der Waals surface area (Å²) in [4.78, 5) is 0. The van der Waals surface area contributed by atoms with Crippen molar-refractivity contribution in [2.45, 2.75) is 20.8 Å². The van der Waals surface area contributed by atoms with Crippen LogP contribution in [0.3, 0.4) is 0 Å². The minimum atomic E-state index is 0.575. The van der Waals surface area contributed by atoms with Crippen molar-refractivity contribution >= 4 is 5.82 Å². The molecule has 0 aliphatic rings. The van der Waals surface area contributed by atoms with Crippen molar-refractivity contribution in [2.24, 2.45) is 0 Å². The highest BCUT2D eigenvalue weighted by Gasteiger charge is 2.10. The monoisotopic (exact) mass is 201 g/mol. The van der Waals surface area contributed by atoms with Gasteiger partial charge in [0.15, 0.2) is 0 Å². The summed E-state index contributed by atoms with van der Waals surface area (Å²) >= 11 is 0. The van der Waals surface area contributed by atoms with E-state index in [0.29, 0.717) is 5.82 Å². The molecule has 1 aromatic heterocycles. The van der Waals surface area contributed by atoms with E-state index in [0.717, 1.165) is 11.3 Å². The van der Waals surface area contributed by atoms with Gasteiger partial charge in [0.05, 0.1) is 5.69 Å². The summed E-state index contributed by atoms with van der Waals surface area (Å²) in [6.45, 7) is 6.15.